The molecular formula is C77H74BrF6K2N15O10Si2. The molecule has 15 rings (SSSR count). The van der Waals surface area contributed by atoms with Crippen molar-refractivity contribution in [3.8, 4) is 69.9 Å². The van der Waals surface area contributed by atoms with Crippen molar-refractivity contribution >= 4 is 90.3 Å². The van der Waals surface area contributed by atoms with Gasteiger partial charge in [-0.05, 0) is 92.1 Å². The monoisotopic (exact) mass is 1700 g/mol. The van der Waals surface area contributed by atoms with Crippen molar-refractivity contribution in [2.75, 3.05) is 23.1 Å². The van der Waals surface area contributed by atoms with Gasteiger partial charge >= 0.3 is 103 Å². The van der Waals surface area contributed by atoms with Crippen LogP contribution >= 0.6 is 15.9 Å². The summed E-state index contributed by atoms with van der Waals surface area (Å²) in [6.45, 7) is 18.4. The predicted octanol–water partition coefficient (Wildman–Crippen LogP) is 9.01. The van der Waals surface area contributed by atoms with Crippen molar-refractivity contribution < 1.29 is 179 Å². The molecule has 0 radical (unpaired) electrons. The van der Waals surface area contributed by atoms with E-state index in [0.717, 1.165) is 33.8 Å². The molecule has 36 heteroatoms. The summed E-state index contributed by atoms with van der Waals surface area (Å²) in [7, 11) is -1.61. The van der Waals surface area contributed by atoms with E-state index >= 15 is 0 Å². The average molecular weight is 1700 g/mol. The molecule has 0 saturated heterocycles. The molecular weight excluding hydrogens is 1620 g/mol. The van der Waals surface area contributed by atoms with Gasteiger partial charge in [-0.25, -0.2) is 41.3 Å². The summed E-state index contributed by atoms with van der Waals surface area (Å²) in [5.41, 5.74) is 16.6. The molecule has 0 aliphatic heterocycles. The molecule has 0 bridgehead atoms. The van der Waals surface area contributed by atoms with E-state index in [4.69, 9.17) is 41.6 Å². The number of rotatable bonds is 13. The van der Waals surface area contributed by atoms with Crippen LogP contribution in [0.1, 0.15) is 135 Å². The Kier molecular flexibility index (Phi) is 30.4. The van der Waals surface area contributed by atoms with Crippen molar-refractivity contribution in [2.24, 2.45) is 0 Å². The van der Waals surface area contributed by atoms with Gasteiger partial charge in [0.15, 0.2) is 0 Å². The van der Waals surface area contributed by atoms with Gasteiger partial charge in [0.1, 0.15) is 50.2 Å². The number of halogens is 7. The van der Waals surface area contributed by atoms with Crippen LogP contribution in [-0.4, -0.2) is 129 Å². The second kappa shape index (κ2) is 38.2. The van der Waals surface area contributed by atoms with Crippen LogP contribution in [0.25, 0.3) is 51.1 Å². The van der Waals surface area contributed by atoms with Crippen molar-refractivity contribution in [2.45, 2.75) is 134 Å². The Bertz CT molecular complexity index is 5600. The number of nitrogens with one attached hydrogen (secondary N) is 3. The summed E-state index contributed by atoms with van der Waals surface area (Å²) in [5, 5.41) is 35.9. The van der Waals surface area contributed by atoms with Crippen LogP contribution in [0.4, 0.5) is 43.4 Å². The van der Waals surface area contributed by atoms with E-state index in [9.17, 15) is 40.7 Å². The van der Waals surface area contributed by atoms with Crippen molar-refractivity contribution in [3.05, 3.63) is 195 Å². The number of aliphatic hydroxyl groups is 1. The predicted molar refractivity (Wildman–Crippen MR) is 408 cm³/mol. The fraction of sp³-hybridized carbons (Fsp3) is 0.286. The topological polar surface area (TPSA) is 326 Å². The number of hydrogen-bond donors (Lipinski definition) is 4. The van der Waals surface area contributed by atoms with Gasteiger partial charge in [-0.1, -0.05) is 119 Å². The van der Waals surface area contributed by atoms with Gasteiger partial charge in [0.2, 0.25) is 52.9 Å². The molecule has 3 amide bonds. The molecule has 4 N–H and O–H groups in total. The zero-order valence-electron chi connectivity index (χ0n) is 64.5. The first-order valence-electron chi connectivity index (χ1n) is 34.2. The summed E-state index contributed by atoms with van der Waals surface area (Å²) in [6.07, 6.45) is 18.6. The van der Waals surface area contributed by atoms with Gasteiger partial charge in [0, 0.05) is 131 Å². The Balaban J connectivity index is 0.000000218. The number of anilines is 3. The first-order valence-corrected chi connectivity index (χ1v) is 42.0. The number of pyridine rings is 3. The molecule has 0 atom stereocenters. The van der Waals surface area contributed by atoms with E-state index in [-0.39, 0.29) is 196 Å². The number of aliphatic hydroxyl groups excluding tert-OH is 1. The number of hydrogen-bond acceptors (Lipinski definition) is 19. The number of aromatic nitrogens is 12. The minimum absolute atomic E-state index is 0. The van der Waals surface area contributed by atoms with E-state index in [1.54, 1.807) is 80.3 Å². The second-order valence-electron chi connectivity index (χ2n) is 28.2. The average Bonchev–Trinajstić information content (AvgIpc) is 1.33. The summed E-state index contributed by atoms with van der Waals surface area (Å²) < 4.78 is 100. The zero-order chi connectivity index (χ0) is 80.5. The SMILES string of the molecule is C#C[Si](C)(C)C.C#Cc1ccn2c(C(=O)Nc3cc(-c4noc(C5CC(F)(F)C5)n4)ccc3C)cnc2c1.CO.Cc1ccc(-c2noc(C3CC(F)(F)C3)n2)cc1NC(=O)c1cnc2cc(Br)ccn12.Cc1ccc(-c2noc(C3CC(F)(F)C3)n2)cc1NC(=O)c1cnc2cc(C#C[Si](C)(C)C)ccn12.O=CO[O-].[H-].[K+].[K+]. The maximum atomic E-state index is 13.2. The number of benzene rings is 3. The minimum Gasteiger partial charge on any atom is -1.00 e. The molecule has 3 aromatic carbocycles. The molecule has 9 heterocycles. The maximum Gasteiger partial charge on any atom is 1.00 e. The van der Waals surface area contributed by atoms with E-state index < -0.39 is 51.7 Å². The van der Waals surface area contributed by atoms with Crippen LogP contribution in [0.3, 0.4) is 0 Å². The number of nitrogens with zero attached hydrogens (tertiary/aromatic N) is 12. The molecule has 3 aliphatic carbocycles. The molecule has 25 nitrogen and oxygen atoms in total. The number of alkyl halides is 6. The van der Waals surface area contributed by atoms with Gasteiger partial charge < -0.3 is 46.2 Å². The first kappa shape index (κ1) is 89.9. The van der Waals surface area contributed by atoms with Crippen molar-refractivity contribution in [1.82, 2.24) is 58.6 Å². The van der Waals surface area contributed by atoms with Gasteiger partial charge in [-0.15, -0.1) is 23.9 Å². The molecule has 3 saturated carbocycles. The van der Waals surface area contributed by atoms with Crippen LogP contribution < -0.4 is 124 Å². The number of imidazole rings is 3. The van der Waals surface area contributed by atoms with Crippen LogP contribution in [0.2, 0.25) is 39.3 Å². The van der Waals surface area contributed by atoms with E-state index in [2.05, 4.69) is 144 Å². The number of fused-ring (bicyclic) bond motifs is 3. The molecule has 3 aliphatic rings. The Morgan fingerprint density at radius 2 is 0.858 bits per heavy atom. The number of carbonyl (C=O) groups is 4. The summed E-state index contributed by atoms with van der Waals surface area (Å²) >= 11 is 3.39. The second-order valence-corrected chi connectivity index (χ2v) is 38.7. The number of aryl methyl sites for hydroxylation is 3. The summed E-state index contributed by atoms with van der Waals surface area (Å²) in [4.78, 5) is 75.9. The normalized spacial score (nSPS) is 14.3. The third kappa shape index (κ3) is 23.3. The Morgan fingerprint density at radius 1 is 0.549 bits per heavy atom. The van der Waals surface area contributed by atoms with Crippen molar-refractivity contribution in [1.29, 1.82) is 0 Å². The smallest absolute Gasteiger partial charge is 1.00 e. The fourth-order valence-electron chi connectivity index (χ4n) is 11.2. The summed E-state index contributed by atoms with van der Waals surface area (Å²) in [6, 6.07) is 26.8. The van der Waals surface area contributed by atoms with E-state index in [1.807, 2.05) is 63.2 Å². The van der Waals surface area contributed by atoms with Gasteiger partial charge in [-0.2, -0.15) is 15.0 Å². The quantitative estimate of drug-likeness (QED) is 0.0209. The van der Waals surface area contributed by atoms with Crippen LogP contribution in [0.15, 0.2) is 146 Å². The third-order valence-corrected chi connectivity index (χ3v) is 19.5. The van der Waals surface area contributed by atoms with Gasteiger partial charge in [0.25, 0.3) is 24.2 Å². The Morgan fingerprint density at radius 3 is 1.16 bits per heavy atom. The zero-order valence-corrected chi connectivity index (χ0v) is 73.3. The van der Waals surface area contributed by atoms with Gasteiger partial charge in [-0.3, -0.25) is 32.4 Å². The molecule has 3 fully saturated rings. The molecule has 0 unspecified atom stereocenters. The van der Waals surface area contributed by atoms with Crippen LogP contribution in [0.5, 0.6) is 0 Å². The Labute approximate surface area is 741 Å². The molecule has 0 spiro atoms. The molecule has 9 aromatic heterocycles. The Hall–Kier alpha value is -8.60. The third-order valence-electron chi connectivity index (χ3n) is 17.3. The van der Waals surface area contributed by atoms with Crippen molar-refractivity contribution in [3.63, 3.8) is 0 Å². The van der Waals surface area contributed by atoms with Crippen LogP contribution in [0, 0.1) is 56.5 Å². The van der Waals surface area contributed by atoms with E-state index in [0.29, 0.717) is 79.2 Å². The number of carbonyl (C=O) groups excluding carboxylic acids is 4. The number of terminal acetylenes is 2. The van der Waals surface area contributed by atoms with E-state index in [1.165, 1.54) is 18.6 Å². The minimum atomic E-state index is -2.67. The fourth-order valence-corrected chi connectivity index (χ4v) is 12.0. The largest absolute Gasteiger partial charge is 1.00 e. The molecule has 12 aromatic rings. The first-order chi connectivity index (χ1) is 52.6. The van der Waals surface area contributed by atoms with Crippen LogP contribution in [-0.2, 0) is 9.68 Å². The molecule has 113 heavy (non-hydrogen) atoms. The summed E-state index contributed by atoms with van der Waals surface area (Å²) in [5.74, 6) is -3.03. The number of amides is 3. The standard InChI is InChI=1S/C26H25F2N5O2Si.C23H17F2N5O2.C21H16BrF2N5O2.C5H10Si.CH2O3.CH4O.2K.H/c1-16-5-6-18(23-31-25(35-32-23)19-13-26(27,28)14-19)12-20(16)30-24(34)21-15-29-22-11-17(7-9-33(21)22)8-10-36(2,3)4;1-3-14-6-7-30-18(12-26-19(30)8-14)21(31)27-17-9-15(5-4-13(17)2)20-28-22(32-29-20)16-10-23(24,25)11-16;1-11-2-3-12(18-27-20(31-28-18)13-8-21(23,24)9-13)6-15(11)26-19(30)16-10-25-17-7-14(22)4-5-29(16)17;1-5-6(2,3)4;2-1-4-3;1-2;;;/h5-7,9,11-12,15,19H,13-14H2,1-4H3,(H,30,34);1,4-9,12,16H,10-11H2,2H3,(H,27,31);2-7,10,13H,8-9H2,1H3,(H,26,30);1H,2-4H3;1,3H;2H,1H3;;;/q;;;;;;2*+1;-1/p-1. The maximum absolute atomic E-state index is 13.2. The van der Waals surface area contributed by atoms with Gasteiger partial charge in [0.05, 0.1) is 18.6 Å². The molecule has 576 valence electrons.